The molecule has 0 saturated heterocycles. The van der Waals surface area contributed by atoms with Gasteiger partial charge in [0.2, 0.25) is 0 Å². The summed E-state index contributed by atoms with van der Waals surface area (Å²) in [5, 5.41) is 18.2. The quantitative estimate of drug-likeness (QED) is 0.757. The number of aryl methyl sites for hydroxylation is 3. The third-order valence-corrected chi connectivity index (χ3v) is 4.04. The molecule has 0 radical (unpaired) electrons. The van der Waals surface area contributed by atoms with Gasteiger partial charge in [0.25, 0.3) is 5.56 Å². The number of fused-ring (bicyclic) bond motifs is 1. The van der Waals surface area contributed by atoms with Crippen molar-refractivity contribution in [2.24, 2.45) is 0 Å². The number of aliphatic carboxylic acids is 1. The number of methoxy groups -OCH3 is 1. The van der Waals surface area contributed by atoms with E-state index in [9.17, 15) is 9.59 Å². The summed E-state index contributed by atoms with van der Waals surface area (Å²) < 4.78 is 8.00. The van der Waals surface area contributed by atoms with Crippen LogP contribution in [0.2, 0.25) is 0 Å². The van der Waals surface area contributed by atoms with Gasteiger partial charge < -0.3 is 9.84 Å². The van der Waals surface area contributed by atoms with Crippen LogP contribution in [0.25, 0.3) is 16.6 Å². The molecule has 0 fully saturated rings. The van der Waals surface area contributed by atoms with E-state index >= 15 is 0 Å². The Morgan fingerprint density at radius 1 is 1.20 bits per heavy atom. The first-order valence-corrected chi connectivity index (χ1v) is 7.75. The second-order valence-electron chi connectivity index (χ2n) is 5.68. The molecule has 2 heterocycles. The molecule has 0 bridgehead atoms. The minimum absolute atomic E-state index is 0.0133. The average molecular weight is 342 g/mol. The van der Waals surface area contributed by atoms with E-state index in [1.54, 1.807) is 18.7 Å². The van der Waals surface area contributed by atoms with Crippen molar-refractivity contribution in [1.29, 1.82) is 0 Å². The largest absolute Gasteiger partial charge is 0.497 e. The smallest absolute Gasteiger partial charge is 0.305 e. The molecular formula is C17H18N4O4. The van der Waals surface area contributed by atoms with Gasteiger partial charge in [-0.25, -0.2) is 9.36 Å². The van der Waals surface area contributed by atoms with E-state index in [1.165, 1.54) is 0 Å². The van der Waals surface area contributed by atoms with Gasteiger partial charge in [0.05, 0.1) is 42.5 Å². The zero-order valence-corrected chi connectivity index (χ0v) is 14.2. The van der Waals surface area contributed by atoms with E-state index in [-0.39, 0.29) is 18.5 Å². The molecule has 8 nitrogen and oxygen atoms in total. The highest BCUT2D eigenvalue weighted by Gasteiger charge is 2.17. The molecule has 0 unspecified atom stereocenters. The van der Waals surface area contributed by atoms with Crippen LogP contribution in [0.4, 0.5) is 0 Å². The highest BCUT2D eigenvalue weighted by atomic mass is 16.5. The summed E-state index contributed by atoms with van der Waals surface area (Å²) in [5.74, 6) is -0.251. The Labute approximate surface area is 143 Å². The number of carbonyl (C=O) groups is 1. The summed E-state index contributed by atoms with van der Waals surface area (Å²) in [6.45, 7) is 3.67. The number of hydrogen-bond donors (Lipinski definition) is 1. The lowest BCUT2D eigenvalue weighted by atomic mass is 10.2. The van der Waals surface area contributed by atoms with Crippen LogP contribution in [0.15, 0.2) is 29.1 Å². The van der Waals surface area contributed by atoms with Crippen molar-refractivity contribution in [2.45, 2.75) is 26.8 Å². The van der Waals surface area contributed by atoms with E-state index < -0.39 is 11.5 Å². The molecule has 0 atom stereocenters. The fourth-order valence-electron chi connectivity index (χ4n) is 2.81. The van der Waals surface area contributed by atoms with Crippen molar-refractivity contribution < 1.29 is 14.6 Å². The van der Waals surface area contributed by atoms with Crippen LogP contribution in [-0.4, -0.2) is 37.7 Å². The van der Waals surface area contributed by atoms with Gasteiger partial charge in [-0.15, -0.1) is 0 Å². The number of rotatable bonds is 5. The van der Waals surface area contributed by atoms with E-state index in [0.29, 0.717) is 11.1 Å². The summed E-state index contributed by atoms with van der Waals surface area (Å²) >= 11 is 0. The highest BCUT2D eigenvalue weighted by Crippen LogP contribution is 2.22. The Morgan fingerprint density at radius 2 is 1.88 bits per heavy atom. The van der Waals surface area contributed by atoms with Crippen molar-refractivity contribution in [3.63, 3.8) is 0 Å². The van der Waals surface area contributed by atoms with Gasteiger partial charge in [-0.2, -0.15) is 10.2 Å². The maximum absolute atomic E-state index is 12.6. The lowest BCUT2D eigenvalue weighted by Gasteiger charge is -2.06. The molecule has 25 heavy (non-hydrogen) atoms. The predicted molar refractivity (Wildman–Crippen MR) is 91.4 cm³/mol. The van der Waals surface area contributed by atoms with Gasteiger partial charge in [-0.3, -0.25) is 9.59 Å². The van der Waals surface area contributed by atoms with Gasteiger partial charge in [0.15, 0.2) is 5.52 Å². The Kier molecular flexibility index (Phi) is 4.26. The standard InChI is InChI=1S/C17H18N4O4/c1-10-15-11(2)21(12-4-6-13(25-3)7-5-12)19-16(15)17(24)20(18-10)9-8-14(22)23/h4-7H,8-9H2,1-3H3,(H,22,23). The first-order chi connectivity index (χ1) is 11.9. The fourth-order valence-corrected chi connectivity index (χ4v) is 2.81. The van der Waals surface area contributed by atoms with Crippen molar-refractivity contribution in [3.8, 4) is 11.4 Å². The molecular weight excluding hydrogens is 324 g/mol. The lowest BCUT2D eigenvalue weighted by Crippen LogP contribution is -2.25. The van der Waals surface area contributed by atoms with Gasteiger partial charge in [0, 0.05) is 0 Å². The number of nitrogens with zero attached hydrogens (tertiary/aromatic N) is 4. The van der Waals surface area contributed by atoms with Gasteiger partial charge in [-0.1, -0.05) is 0 Å². The molecule has 130 valence electrons. The van der Waals surface area contributed by atoms with Crippen molar-refractivity contribution in [1.82, 2.24) is 19.6 Å². The van der Waals surface area contributed by atoms with Crippen LogP contribution in [0.5, 0.6) is 5.75 Å². The molecule has 1 N–H and O–H groups in total. The second kappa shape index (κ2) is 6.39. The maximum Gasteiger partial charge on any atom is 0.305 e. The maximum atomic E-state index is 12.6. The zero-order valence-electron chi connectivity index (χ0n) is 14.2. The van der Waals surface area contributed by atoms with Crippen LogP contribution in [0, 0.1) is 13.8 Å². The molecule has 3 aromatic rings. The number of aromatic nitrogens is 4. The van der Waals surface area contributed by atoms with Crippen LogP contribution in [-0.2, 0) is 11.3 Å². The number of carboxylic acids is 1. The third kappa shape index (κ3) is 2.98. The van der Waals surface area contributed by atoms with E-state index in [2.05, 4.69) is 10.2 Å². The number of carboxylic acid groups (broad SMARTS) is 1. The third-order valence-electron chi connectivity index (χ3n) is 4.04. The summed E-state index contributed by atoms with van der Waals surface area (Å²) in [4.78, 5) is 23.4. The summed E-state index contributed by atoms with van der Waals surface area (Å²) in [6.07, 6.45) is -0.171. The molecule has 0 amide bonds. The van der Waals surface area contributed by atoms with Crippen molar-refractivity contribution >= 4 is 16.9 Å². The minimum Gasteiger partial charge on any atom is -0.497 e. The summed E-state index contributed by atoms with van der Waals surface area (Å²) in [7, 11) is 1.59. The van der Waals surface area contributed by atoms with Crippen LogP contribution in [0.3, 0.4) is 0 Å². The number of hydrogen-bond acceptors (Lipinski definition) is 5. The van der Waals surface area contributed by atoms with E-state index in [4.69, 9.17) is 9.84 Å². The number of benzene rings is 1. The van der Waals surface area contributed by atoms with Gasteiger partial charge >= 0.3 is 5.97 Å². The van der Waals surface area contributed by atoms with Gasteiger partial charge in [0.1, 0.15) is 5.75 Å². The van der Waals surface area contributed by atoms with Gasteiger partial charge in [-0.05, 0) is 38.1 Å². The highest BCUT2D eigenvalue weighted by molar-refractivity contribution is 5.83. The molecule has 0 aliphatic rings. The molecule has 2 aromatic heterocycles. The molecule has 0 aliphatic carbocycles. The Balaban J connectivity index is 2.14. The van der Waals surface area contributed by atoms with Crippen LogP contribution < -0.4 is 10.3 Å². The minimum atomic E-state index is -0.980. The second-order valence-corrected chi connectivity index (χ2v) is 5.68. The zero-order chi connectivity index (χ0) is 18.1. The first kappa shape index (κ1) is 16.7. The Bertz CT molecular complexity index is 1000. The van der Waals surface area contributed by atoms with Crippen LogP contribution >= 0.6 is 0 Å². The molecule has 1 aromatic carbocycles. The topological polar surface area (TPSA) is 99.2 Å². The Morgan fingerprint density at radius 3 is 2.48 bits per heavy atom. The SMILES string of the molecule is COc1ccc(-n2nc3c(=O)n(CCC(=O)O)nc(C)c3c2C)cc1. The Hall–Kier alpha value is -3.16. The average Bonchev–Trinajstić information content (AvgIpc) is 2.95. The van der Waals surface area contributed by atoms with Crippen LogP contribution in [0.1, 0.15) is 17.8 Å². The predicted octanol–water partition coefficient (Wildman–Crippen LogP) is 1.68. The first-order valence-electron chi connectivity index (χ1n) is 7.75. The number of ether oxygens (including phenoxy) is 1. The molecule has 3 rings (SSSR count). The summed E-state index contributed by atoms with van der Waals surface area (Å²) in [6, 6.07) is 7.33. The monoisotopic (exact) mass is 342 g/mol. The van der Waals surface area contributed by atoms with Crippen molar-refractivity contribution in [2.75, 3.05) is 7.11 Å². The molecule has 0 aliphatic heterocycles. The normalized spacial score (nSPS) is 11.0. The molecule has 8 heteroatoms. The molecule has 0 saturated carbocycles. The van der Waals surface area contributed by atoms with Crippen molar-refractivity contribution in [3.05, 3.63) is 46.0 Å². The van der Waals surface area contributed by atoms with E-state index in [1.807, 2.05) is 31.2 Å². The lowest BCUT2D eigenvalue weighted by molar-refractivity contribution is -0.137. The fraction of sp³-hybridized carbons (Fsp3) is 0.294. The van der Waals surface area contributed by atoms with E-state index in [0.717, 1.165) is 21.8 Å². The summed E-state index contributed by atoms with van der Waals surface area (Å²) in [5.41, 5.74) is 2.12. The molecule has 0 spiro atoms.